The average molecular weight is 284 g/mol. The second kappa shape index (κ2) is 6.79. The number of ether oxygens (including phenoxy) is 1. The molecule has 0 saturated heterocycles. The molecule has 0 atom stereocenters. The van der Waals surface area contributed by atoms with Gasteiger partial charge >= 0.3 is 0 Å². The lowest BCUT2D eigenvalue weighted by Crippen LogP contribution is -2.35. The van der Waals surface area contributed by atoms with Crippen LogP contribution in [0.5, 0.6) is 5.75 Å². The molecule has 2 aromatic rings. The number of carbonyl (C=O) groups is 1. The predicted molar refractivity (Wildman–Crippen MR) is 84.9 cm³/mol. The zero-order valence-corrected chi connectivity index (χ0v) is 12.6. The highest BCUT2D eigenvalue weighted by molar-refractivity contribution is 5.94. The summed E-state index contributed by atoms with van der Waals surface area (Å²) in [6.07, 6.45) is 0. The molecule has 0 heterocycles. The van der Waals surface area contributed by atoms with Gasteiger partial charge in [-0.3, -0.25) is 4.79 Å². The second-order valence-corrected chi connectivity index (χ2v) is 4.93. The maximum Gasteiger partial charge on any atom is 0.252 e. The van der Waals surface area contributed by atoms with Gasteiger partial charge in [-0.1, -0.05) is 17.7 Å². The molecule has 0 aromatic heterocycles. The molecule has 110 valence electrons. The number of nitrogens with zero attached hydrogens (tertiary/aromatic N) is 1. The van der Waals surface area contributed by atoms with Gasteiger partial charge in [0, 0.05) is 18.3 Å². The van der Waals surface area contributed by atoms with E-state index in [4.69, 9.17) is 4.74 Å². The van der Waals surface area contributed by atoms with E-state index in [0.29, 0.717) is 12.2 Å². The summed E-state index contributed by atoms with van der Waals surface area (Å²) in [5.41, 5.74) is 2.90. The van der Waals surface area contributed by atoms with Gasteiger partial charge in [0.15, 0.2) is 0 Å². The Balaban J connectivity index is 1.92. The first kappa shape index (κ1) is 14.9. The van der Waals surface area contributed by atoms with E-state index in [0.717, 1.165) is 11.4 Å². The summed E-state index contributed by atoms with van der Waals surface area (Å²) in [6, 6.07) is 15.2. The topological polar surface area (TPSA) is 41.6 Å². The van der Waals surface area contributed by atoms with E-state index in [2.05, 4.69) is 24.4 Å². The number of amides is 1. The highest BCUT2D eigenvalue weighted by atomic mass is 16.5. The van der Waals surface area contributed by atoms with Crippen LogP contribution in [0.25, 0.3) is 0 Å². The standard InChI is InChI=1S/C17H20N2O2/c1-13-4-8-15(9-5-13)19(2)12-18-17(20)14-6-10-16(21-3)11-7-14/h4-11H,12H2,1-3H3,(H,18,20). The zero-order chi connectivity index (χ0) is 15.2. The normalized spacial score (nSPS) is 10.0. The van der Waals surface area contributed by atoms with Crippen molar-refractivity contribution in [2.75, 3.05) is 25.7 Å². The fourth-order valence-electron chi connectivity index (χ4n) is 1.93. The third-order valence-corrected chi connectivity index (χ3v) is 3.30. The van der Waals surface area contributed by atoms with E-state index in [1.165, 1.54) is 5.56 Å². The van der Waals surface area contributed by atoms with E-state index in [-0.39, 0.29) is 5.91 Å². The lowest BCUT2D eigenvalue weighted by atomic mass is 10.2. The molecule has 1 N–H and O–H groups in total. The molecule has 0 unspecified atom stereocenters. The number of methoxy groups -OCH3 is 1. The molecular formula is C17H20N2O2. The van der Waals surface area contributed by atoms with Crippen molar-refractivity contribution in [2.24, 2.45) is 0 Å². The van der Waals surface area contributed by atoms with E-state index in [1.54, 1.807) is 31.4 Å². The molecule has 0 spiro atoms. The third-order valence-electron chi connectivity index (χ3n) is 3.30. The molecule has 1 amide bonds. The Labute approximate surface area is 125 Å². The quantitative estimate of drug-likeness (QED) is 0.858. The van der Waals surface area contributed by atoms with Gasteiger partial charge in [-0.25, -0.2) is 0 Å². The molecule has 0 bridgehead atoms. The zero-order valence-electron chi connectivity index (χ0n) is 12.6. The Morgan fingerprint density at radius 2 is 1.71 bits per heavy atom. The highest BCUT2D eigenvalue weighted by Crippen LogP contribution is 2.13. The Hall–Kier alpha value is -2.49. The molecule has 21 heavy (non-hydrogen) atoms. The van der Waals surface area contributed by atoms with Crippen molar-refractivity contribution in [3.8, 4) is 5.75 Å². The average Bonchev–Trinajstić information content (AvgIpc) is 2.53. The summed E-state index contributed by atoms with van der Waals surface area (Å²) < 4.78 is 5.07. The summed E-state index contributed by atoms with van der Waals surface area (Å²) >= 11 is 0. The summed E-state index contributed by atoms with van der Waals surface area (Å²) in [4.78, 5) is 14.0. The van der Waals surface area contributed by atoms with Crippen LogP contribution < -0.4 is 15.0 Å². The minimum atomic E-state index is -0.100. The number of rotatable bonds is 5. The van der Waals surface area contributed by atoms with Crippen LogP contribution >= 0.6 is 0 Å². The smallest absolute Gasteiger partial charge is 0.252 e. The van der Waals surface area contributed by atoms with Crippen molar-refractivity contribution in [1.82, 2.24) is 5.32 Å². The SMILES string of the molecule is COc1ccc(C(=O)NCN(C)c2ccc(C)cc2)cc1. The highest BCUT2D eigenvalue weighted by Gasteiger charge is 2.07. The van der Waals surface area contributed by atoms with Crippen LogP contribution in [-0.4, -0.2) is 26.7 Å². The summed E-state index contributed by atoms with van der Waals surface area (Å²) in [5.74, 6) is 0.639. The van der Waals surface area contributed by atoms with Crippen LogP contribution in [0.3, 0.4) is 0 Å². The molecule has 0 radical (unpaired) electrons. The summed E-state index contributed by atoms with van der Waals surface area (Å²) in [6.45, 7) is 2.50. The van der Waals surface area contributed by atoms with Gasteiger partial charge in [0.2, 0.25) is 0 Å². The van der Waals surface area contributed by atoms with Crippen molar-refractivity contribution < 1.29 is 9.53 Å². The number of hydrogen-bond donors (Lipinski definition) is 1. The molecule has 2 rings (SSSR count). The third kappa shape index (κ3) is 3.99. The summed E-state index contributed by atoms with van der Waals surface area (Å²) in [7, 11) is 3.55. The van der Waals surface area contributed by atoms with E-state index in [9.17, 15) is 4.79 Å². The Morgan fingerprint density at radius 1 is 1.10 bits per heavy atom. The van der Waals surface area contributed by atoms with Crippen molar-refractivity contribution in [3.05, 3.63) is 59.7 Å². The number of anilines is 1. The van der Waals surface area contributed by atoms with Crippen LogP contribution in [0.2, 0.25) is 0 Å². The van der Waals surface area contributed by atoms with Crippen molar-refractivity contribution in [2.45, 2.75) is 6.92 Å². The van der Waals surface area contributed by atoms with Gasteiger partial charge in [0.1, 0.15) is 5.75 Å². The number of nitrogens with one attached hydrogen (secondary N) is 1. The number of carbonyl (C=O) groups excluding carboxylic acids is 1. The largest absolute Gasteiger partial charge is 0.497 e. The maximum atomic E-state index is 12.1. The predicted octanol–water partition coefficient (Wildman–Crippen LogP) is 2.83. The van der Waals surface area contributed by atoms with Crippen LogP contribution in [0.1, 0.15) is 15.9 Å². The van der Waals surface area contributed by atoms with Crippen LogP contribution in [0, 0.1) is 6.92 Å². The van der Waals surface area contributed by atoms with Gasteiger partial charge in [0.05, 0.1) is 13.8 Å². The molecule has 0 saturated carbocycles. The van der Waals surface area contributed by atoms with Crippen LogP contribution in [0.4, 0.5) is 5.69 Å². The fourth-order valence-corrected chi connectivity index (χ4v) is 1.93. The molecule has 0 aliphatic carbocycles. The Kier molecular flexibility index (Phi) is 4.82. The van der Waals surface area contributed by atoms with E-state index >= 15 is 0 Å². The van der Waals surface area contributed by atoms with Crippen LogP contribution in [0.15, 0.2) is 48.5 Å². The monoisotopic (exact) mass is 284 g/mol. The van der Waals surface area contributed by atoms with E-state index in [1.807, 2.05) is 24.1 Å². The number of hydrogen-bond acceptors (Lipinski definition) is 3. The minimum absolute atomic E-state index is 0.100. The van der Waals surface area contributed by atoms with Crippen molar-refractivity contribution in [3.63, 3.8) is 0 Å². The molecular weight excluding hydrogens is 264 g/mol. The fraction of sp³-hybridized carbons (Fsp3) is 0.235. The van der Waals surface area contributed by atoms with E-state index < -0.39 is 0 Å². The molecule has 0 aliphatic rings. The van der Waals surface area contributed by atoms with Crippen LogP contribution in [-0.2, 0) is 0 Å². The lowest BCUT2D eigenvalue weighted by molar-refractivity contribution is 0.0954. The van der Waals surface area contributed by atoms with Gasteiger partial charge in [-0.05, 0) is 43.3 Å². The number of benzene rings is 2. The first-order valence-corrected chi connectivity index (χ1v) is 6.80. The van der Waals surface area contributed by atoms with Crippen molar-refractivity contribution >= 4 is 11.6 Å². The first-order valence-electron chi connectivity index (χ1n) is 6.80. The minimum Gasteiger partial charge on any atom is -0.497 e. The molecule has 4 nitrogen and oxygen atoms in total. The number of aryl methyl sites for hydroxylation is 1. The second-order valence-electron chi connectivity index (χ2n) is 4.93. The van der Waals surface area contributed by atoms with Gasteiger partial charge < -0.3 is 15.0 Å². The molecule has 0 fully saturated rings. The molecule has 0 aliphatic heterocycles. The molecule has 2 aromatic carbocycles. The summed E-state index contributed by atoms with van der Waals surface area (Å²) in [5, 5.41) is 2.90. The lowest BCUT2D eigenvalue weighted by Gasteiger charge is -2.20. The maximum absolute atomic E-state index is 12.1. The van der Waals surface area contributed by atoms with Gasteiger partial charge in [-0.15, -0.1) is 0 Å². The van der Waals surface area contributed by atoms with Gasteiger partial charge in [-0.2, -0.15) is 0 Å². The Morgan fingerprint density at radius 3 is 2.29 bits per heavy atom. The molecule has 4 heteroatoms. The van der Waals surface area contributed by atoms with Gasteiger partial charge in [0.25, 0.3) is 5.91 Å². The van der Waals surface area contributed by atoms with Crippen molar-refractivity contribution in [1.29, 1.82) is 0 Å². The Bertz CT molecular complexity index is 591. The first-order chi connectivity index (χ1) is 10.1.